The third-order valence-corrected chi connectivity index (χ3v) is 3.36. The molecule has 3 atom stereocenters. The maximum Gasteiger partial charge on any atom is 0.322 e. The molecule has 0 saturated carbocycles. The number of hydrogen-bond acceptors (Lipinski definition) is 4. The van der Waals surface area contributed by atoms with Crippen molar-refractivity contribution in [3.8, 4) is 0 Å². The molecule has 1 aliphatic rings. The zero-order chi connectivity index (χ0) is 12.1. The number of nitrogens with zero attached hydrogens (tertiary/aromatic N) is 1. The molecule has 1 fully saturated rings. The van der Waals surface area contributed by atoms with E-state index in [0.717, 1.165) is 19.5 Å². The monoisotopic (exact) mass is 230 g/mol. The third kappa shape index (κ3) is 3.43. The Labute approximate surface area is 96.8 Å². The van der Waals surface area contributed by atoms with E-state index in [1.807, 2.05) is 0 Å². The van der Waals surface area contributed by atoms with E-state index in [0.29, 0.717) is 12.5 Å². The lowest BCUT2D eigenvalue weighted by molar-refractivity contribution is -0.140. The summed E-state index contributed by atoms with van der Waals surface area (Å²) in [6.45, 7) is 4.49. The fraction of sp³-hybridized carbons (Fsp3) is 0.909. The zero-order valence-corrected chi connectivity index (χ0v) is 10.3. The van der Waals surface area contributed by atoms with E-state index in [4.69, 9.17) is 9.84 Å². The van der Waals surface area contributed by atoms with Crippen LogP contribution in [0.25, 0.3) is 0 Å². The summed E-state index contributed by atoms with van der Waals surface area (Å²) in [7, 11) is 3.40. The molecule has 0 amide bonds. The highest BCUT2D eigenvalue weighted by Gasteiger charge is 2.28. The van der Waals surface area contributed by atoms with Crippen molar-refractivity contribution in [3.05, 3.63) is 0 Å². The number of carbonyl (C=O) groups is 1. The van der Waals surface area contributed by atoms with E-state index < -0.39 is 12.0 Å². The lowest BCUT2D eigenvalue weighted by atomic mass is 9.95. The summed E-state index contributed by atoms with van der Waals surface area (Å²) in [4.78, 5) is 13.1. The van der Waals surface area contributed by atoms with Crippen LogP contribution in [0, 0.1) is 5.92 Å². The van der Waals surface area contributed by atoms with Crippen LogP contribution >= 0.6 is 0 Å². The second kappa shape index (κ2) is 6.18. The minimum absolute atomic E-state index is 0.222. The second-order valence-corrected chi connectivity index (χ2v) is 4.48. The normalized spacial score (nSPS) is 28.9. The van der Waals surface area contributed by atoms with E-state index in [9.17, 15) is 4.79 Å². The standard InChI is InChI=1S/C11H22N2O3/c1-8-4-5-13(7-10(8)16-3)6-9(12-2)11(14)15/h8-10,12H,4-7H2,1-3H3,(H,14,15). The number of carboxylic acid groups (broad SMARTS) is 1. The fourth-order valence-corrected chi connectivity index (χ4v) is 2.12. The van der Waals surface area contributed by atoms with Gasteiger partial charge in [0.2, 0.25) is 0 Å². The molecule has 2 N–H and O–H groups in total. The number of piperidine rings is 1. The number of rotatable bonds is 5. The topological polar surface area (TPSA) is 61.8 Å². The van der Waals surface area contributed by atoms with E-state index in [-0.39, 0.29) is 6.10 Å². The van der Waals surface area contributed by atoms with Gasteiger partial charge in [0.25, 0.3) is 0 Å². The Hall–Kier alpha value is -0.650. The van der Waals surface area contributed by atoms with Gasteiger partial charge in [0, 0.05) is 20.2 Å². The number of likely N-dealkylation sites (N-methyl/N-ethyl adjacent to an activating group) is 1. The Kier molecular flexibility index (Phi) is 5.18. The van der Waals surface area contributed by atoms with Crippen LogP contribution in [0.1, 0.15) is 13.3 Å². The Morgan fingerprint density at radius 1 is 1.69 bits per heavy atom. The first-order chi connectivity index (χ1) is 7.58. The van der Waals surface area contributed by atoms with Crippen molar-refractivity contribution in [3.63, 3.8) is 0 Å². The van der Waals surface area contributed by atoms with Gasteiger partial charge in [-0.2, -0.15) is 0 Å². The van der Waals surface area contributed by atoms with E-state index in [2.05, 4.69) is 17.1 Å². The zero-order valence-electron chi connectivity index (χ0n) is 10.3. The number of ether oxygens (including phenoxy) is 1. The van der Waals surface area contributed by atoms with Crippen LogP contribution in [-0.4, -0.2) is 61.9 Å². The van der Waals surface area contributed by atoms with Gasteiger partial charge >= 0.3 is 5.97 Å². The van der Waals surface area contributed by atoms with Gasteiger partial charge in [-0.15, -0.1) is 0 Å². The van der Waals surface area contributed by atoms with Crippen molar-refractivity contribution in [2.24, 2.45) is 5.92 Å². The molecule has 1 aliphatic heterocycles. The molecule has 0 radical (unpaired) electrons. The average Bonchev–Trinajstić information content (AvgIpc) is 2.27. The molecular weight excluding hydrogens is 208 g/mol. The van der Waals surface area contributed by atoms with E-state index in [1.165, 1.54) is 0 Å². The van der Waals surface area contributed by atoms with Crippen molar-refractivity contribution in [2.75, 3.05) is 33.8 Å². The lowest BCUT2D eigenvalue weighted by Crippen LogP contribution is -2.50. The van der Waals surface area contributed by atoms with Crippen LogP contribution in [-0.2, 0) is 9.53 Å². The number of aliphatic carboxylic acids is 1. The Morgan fingerprint density at radius 2 is 2.38 bits per heavy atom. The molecule has 0 aromatic carbocycles. The van der Waals surface area contributed by atoms with Gasteiger partial charge in [-0.3, -0.25) is 9.69 Å². The maximum absolute atomic E-state index is 10.9. The van der Waals surface area contributed by atoms with Crippen molar-refractivity contribution < 1.29 is 14.6 Å². The van der Waals surface area contributed by atoms with Crippen LogP contribution < -0.4 is 5.32 Å². The SMILES string of the molecule is CNC(CN1CCC(C)C(OC)C1)C(=O)O. The van der Waals surface area contributed by atoms with E-state index >= 15 is 0 Å². The predicted molar refractivity (Wildman–Crippen MR) is 61.5 cm³/mol. The van der Waals surface area contributed by atoms with Crippen LogP contribution in [0.5, 0.6) is 0 Å². The molecule has 16 heavy (non-hydrogen) atoms. The molecule has 1 saturated heterocycles. The highest BCUT2D eigenvalue weighted by molar-refractivity contribution is 5.73. The van der Waals surface area contributed by atoms with Crippen LogP contribution in [0.15, 0.2) is 0 Å². The summed E-state index contributed by atoms with van der Waals surface area (Å²) < 4.78 is 5.40. The van der Waals surface area contributed by atoms with Crippen molar-refractivity contribution in [1.82, 2.24) is 10.2 Å². The summed E-state index contributed by atoms with van der Waals surface area (Å²) >= 11 is 0. The molecule has 0 spiro atoms. The van der Waals surface area contributed by atoms with Gasteiger partial charge in [-0.05, 0) is 25.9 Å². The fourth-order valence-electron chi connectivity index (χ4n) is 2.12. The van der Waals surface area contributed by atoms with Crippen LogP contribution in [0.2, 0.25) is 0 Å². The molecule has 94 valence electrons. The molecule has 0 aromatic heterocycles. The smallest absolute Gasteiger partial charge is 0.322 e. The molecule has 0 aromatic rings. The summed E-state index contributed by atoms with van der Waals surface area (Å²) in [5, 5.41) is 11.8. The predicted octanol–water partition coefficient (Wildman–Crippen LogP) is 0.0158. The minimum Gasteiger partial charge on any atom is -0.480 e. The lowest BCUT2D eigenvalue weighted by Gasteiger charge is -2.37. The van der Waals surface area contributed by atoms with Gasteiger partial charge < -0.3 is 15.2 Å². The first-order valence-corrected chi connectivity index (χ1v) is 5.73. The first kappa shape index (κ1) is 13.4. The van der Waals surface area contributed by atoms with Crippen molar-refractivity contribution in [2.45, 2.75) is 25.5 Å². The molecule has 3 unspecified atom stereocenters. The number of likely N-dealkylation sites (tertiary alicyclic amines) is 1. The van der Waals surface area contributed by atoms with Gasteiger partial charge in [0.1, 0.15) is 6.04 Å². The van der Waals surface area contributed by atoms with Gasteiger partial charge in [0.15, 0.2) is 0 Å². The first-order valence-electron chi connectivity index (χ1n) is 5.73. The molecule has 1 rings (SSSR count). The number of methoxy groups -OCH3 is 1. The number of hydrogen-bond donors (Lipinski definition) is 2. The number of carboxylic acids is 1. The highest BCUT2D eigenvalue weighted by atomic mass is 16.5. The van der Waals surface area contributed by atoms with Crippen molar-refractivity contribution in [1.29, 1.82) is 0 Å². The molecule has 0 aliphatic carbocycles. The minimum atomic E-state index is -0.796. The Morgan fingerprint density at radius 3 is 2.88 bits per heavy atom. The Bertz CT molecular complexity index is 235. The molecule has 5 nitrogen and oxygen atoms in total. The largest absolute Gasteiger partial charge is 0.480 e. The molecular formula is C11H22N2O3. The summed E-state index contributed by atoms with van der Waals surface area (Å²) in [5.74, 6) is -0.241. The second-order valence-electron chi connectivity index (χ2n) is 4.48. The molecule has 1 heterocycles. The summed E-state index contributed by atoms with van der Waals surface area (Å²) in [6, 6.07) is -0.495. The van der Waals surface area contributed by atoms with Crippen molar-refractivity contribution >= 4 is 5.97 Å². The molecule has 0 bridgehead atoms. The van der Waals surface area contributed by atoms with Crippen LogP contribution in [0.3, 0.4) is 0 Å². The quantitative estimate of drug-likeness (QED) is 0.697. The molecule has 5 heteroatoms. The summed E-state index contributed by atoms with van der Waals surface area (Å²) in [6.07, 6.45) is 1.29. The van der Waals surface area contributed by atoms with Gasteiger partial charge in [0.05, 0.1) is 6.10 Å². The van der Waals surface area contributed by atoms with Gasteiger partial charge in [-0.1, -0.05) is 6.92 Å². The highest BCUT2D eigenvalue weighted by Crippen LogP contribution is 2.19. The Balaban J connectivity index is 2.46. The van der Waals surface area contributed by atoms with Crippen LogP contribution in [0.4, 0.5) is 0 Å². The number of nitrogens with one attached hydrogen (secondary N) is 1. The van der Waals surface area contributed by atoms with E-state index in [1.54, 1.807) is 14.2 Å². The average molecular weight is 230 g/mol. The van der Waals surface area contributed by atoms with Gasteiger partial charge in [-0.25, -0.2) is 0 Å². The summed E-state index contributed by atoms with van der Waals surface area (Å²) in [5.41, 5.74) is 0. The third-order valence-electron chi connectivity index (χ3n) is 3.36. The maximum atomic E-state index is 10.9.